The van der Waals surface area contributed by atoms with Crippen LogP contribution in [0.25, 0.3) is 0 Å². The molecule has 0 saturated heterocycles. The van der Waals surface area contributed by atoms with Gasteiger partial charge in [-0.15, -0.1) is 0 Å². The molecule has 5 nitrogen and oxygen atoms in total. The molecule has 0 spiro atoms. The number of unbranched alkanes of at least 4 members (excludes halogenated alkanes) is 3. The molecule has 0 bridgehead atoms. The number of nitrogens with one attached hydrogen (secondary N) is 2. The van der Waals surface area contributed by atoms with E-state index in [-0.39, 0.29) is 11.9 Å². The van der Waals surface area contributed by atoms with Gasteiger partial charge in [-0.3, -0.25) is 4.79 Å². The molecule has 0 saturated carbocycles. The minimum absolute atomic E-state index is 0.254. The molecule has 1 radical (unpaired) electrons. The third-order valence-corrected chi connectivity index (χ3v) is 2.34. The lowest BCUT2D eigenvalue weighted by atomic mass is 10.2. The molecule has 111 valence electrons. The number of hydrogen-bond acceptors (Lipinski definition) is 3. The molecule has 0 aliphatic carbocycles. The van der Waals surface area contributed by atoms with Gasteiger partial charge in [-0.25, -0.2) is 4.79 Å². The van der Waals surface area contributed by atoms with Crippen LogP contribution in [0.5, 0.6) is 0 Å². The van der Waals surface area contributed by atoms with Gasteiger partial charge in [0.05, 0.1) is 0 Å². The van der Waals surface area contributed by atoms with Gasteiger partial charge >= 0.3 is 6.09 Å². The van der Waals surface area contributed by atoms with Gasteiger partial charge in [0.15, 0.2) is 6.04 Å². The van der Waals surface area contributed by atoms with Crippen molar-refractivity contribution in [1.82, 2.24) is 10.6 Å². The molecule has 0 aliphatic rings. The summed E-state index contributed by atoms with van der Waals surface area (Å²) in [7, 11) is 0. The molecule has 2 amide bonds. The minimum Gasteiger partial charge on any atom is -0.444 e. The van der Waals surface area contributed by atoms with E-state index < -0.39 is 11.7 Å². The highest BCUT2D eigenvalue weighted by atomic mass is 16.6. The maximum atomic E-state index is 11.7. The van der Waals surface area contributed by atoms with Gasteiger partial charge in [-0.2, -0.15) is 0 Å². The average molecular weight is 271 g/mol. The van der Waals surface area contributed by atoms with Gasteiger partial charge in [-0.1, -0.05) is 26.2 Å². The quantitative estimate of drug-likeness (QED) is 0.700. The van der Waals surface area contributed by atoms with Crippen LogP contribution < -0.4 is 10.6 Å². The second-order valence-electron chi connectivity index (χ2n) is 5.57. The molecule has 0 rings (SSSR count). The number of amides is 2. The van der Waals surface area contributed by atoms with E-state index in [2.05, 4.69) is 17.6 Å². The summed E-state index contributed by atoms with van der Waals surface area (Å²) in [4.78, 5) is 23.1. The van der Waals surface area contributed by atoms with E-state index >= 15 is 0 Å². The van der Waals surface area contributed by atoms with Gasteiger partial charge in [0.2, 0.25) is 5.91 Å². The average Bonchev–Trinajstić information content (AvgIpc) is 2.25. The maximum Gasteiger partial charge on any atom is 0.408 e. The predicted octanol–water partition coefficient (Wildman–Crippen LogP) is 2.76. The van der Waals surface area contributed by atoms with Crippen molar-refractivity contribution in [2.45, 2.75) is 65.9 Å². The summed E-state index contributed by atoms with van der Waals surface area (Å²) >= 11 is 0. The lowest BCUT2D eigenvalue weighted by Gasteiger charge is -2.21. The third kappa shape index (κ3) is 10.4. The Hall–Kier alpha value is -1.26. The number of ether oxygens (including phenoxy) is 1. The highest BCUT2D eigenvalue weighted by Gasteiger charge is 2.21. The first kappa shape index (κ1) is 17.7. The fraction of sp³-hybridized carbons (Fsp3) is 0.786. The number of rotatable bonds is 7. The van der Waals surface area contributed by atoms with Gasteiger partial charge in [0, 0.05) is 6.54 Å². The van der Waals surface area contributed by atoms with Crippen LogP contribution in [-0.4, -0.2) is 24.1 Å². The number of hydrogen-bond donors (Lipinski definition) is 2. The Morgan fingerprint density at radius 3 is 2.26 bits per heavy atom. The maximum absolute atomic E-state index is 11.7. The Morgan fingerprint density at radius 1 is 1.11 bits per heavy atom. The zero-order valence-electron chi connectivity index (χ0n) is 12.8. The van der Waals surface area contributed by atoms with Crippen molar-refractivity contribution in [1.29, 1.82) is 0 Å². The fourth-order valence-electron chi connectivity index (χ4n) is 1.40. The van der Waals surface area contributed by atoms with E-state index in [9.17, 15) is 9.59 Å². The number of carbonyl (C=O) groups is 2. The molecule has 0 aromatic heterocycles. The first-order chi connectivity index (χ1) is 8.76. The summed E-state index contributed by atoms with van der Waals surface area (Å²) in [6, 6.07) is 0.254. The summed E-state index contributed by atoms with van der Waals surface area (Å²) in [5.41, 5.74) is -0.568. The number of alkyl carbamates (subject to hydrolysis) is 1. The zero-order chi connectivity index (χ0) is 14.9. The first-order valence-electron chi connectivity index (χ1n) is 6.88. The van der Waals surface area contributed by atoms with Crippen LogP contribution in [0.4, 0.5) is 4.79 Å². The minimum atomic E-state index is -0.605. The SMILES string of the molecule is CCCCCCNC(=O)[C](C)NC(=O)OC(C)(C)C. The van der Waals surface area contributed by atoms with Crippen molar-refractivity contribution in [3.63, 3.8) is 0 Å². The summed E-state index contributed by atoms with van der Waals surface area (Å²) in [5.74, 6) is -0.262. The van der Waals surface area contributed by atoms with Gasteiger partial charge in [0.1, 0.15) is 5.60 Å². The molecule has 0 aromatic carbocycles. The zero-order valence-corrected chi connectivity index (χ0v) is 12.8. The molecule has 0 unspecified atom stereocenters. The summed E-state index contributed by atoms with van der Waals surface area (Å²) in [6.45, 7) is 9.65. The number of carbonyl (C=O) groups excluding carboxylic acids is 2. The standard InChI is InChI=1S/C14H27N2O3/c1-6-7-8-9-10-15-12(17)11(2)16-13(18)19-14(3,4)5/h6-10H2,1-5H3,(H,15,17)(H,16,18). The van der Waals surface area contributed by atoms with Crippen LogP contribution in [0.1, 0.15) is 60.3 Å². The molecular formula is C14H27N2O3. The predicted molar refractivity (Wildman–Crippen MR) is 75.4 cm³/mol. The Labute approximate surface area is 116 Å². The molecule has 0 atom stereocenters. The van der Waals surface area contributed by atoms with E-state index in [1.54, 1.807) is 27.7 Å². The molecule has 5 heteroatoms. The lowest BCUT2D eigenvalue weighted by molar-refractivity contribution is -0.119. The van der Waals surface area contributed by atoms with Gasteiger partial charge < -0.3 is 15.4 Å². The Balaban J connectivity index is 3.84. The molecule has 0 aromatic rings. The van der Waals surface area contributed by atoms with Crippen LogP contribution >= 0.6 is 0 Å². The van der Waals surface area contributed by atoms with Crippen molar-refractivity contribution in [3.05, 3.63) is 6.04 Å². The fourth-order valence-corrected chi connectivity index (χ4v) is 1.40. The second kappa shape index (κ2) is 8.77. The summed E-state index contributed by atoms with van der Waals surface area (Å²) < 4.78 is 5.07. The topological polar surface area (TPSA) is 67.4 Å². The molecule has 2 N–H and O–H groups in total. The molecular weight excluding hydrogens is 244 g/mol. The van der Waals surface area contributed by atoms with Crippen molar-refractivity contribution in [3.8, 4) is 0 Å². The Bertz CT molecular complexity index is 285. The van der Waals surface area contributed by atoms with E-state index in [4.69, 9.17) is 4.74 Å². The highest BCUT2D eigenvalue weighted by Crippen LogP contribution is 2.07. The van der Waals surface area contributed by atoms with Crippen LogP contribution in [0.15, 0.2) is 0 Å². The van der Waals surface area contributed by atoms with Crippen molar-refractivity contribution >= 4 is 12.0 Å². The molecule has 19 heavy (non-hydrogen) atoms. The smallest absolute Gasteiger partial charge is 0.408 e. The Morgan fingerprint density at radius 2 is 1.74 bits per heavy atom. The lowest BCUT2D eigenvalue weighted by Crippen LogP contribution is -2.41. The monoisotopic (exact) mass is 271 g/mol. The largest absolute Gasteiger partial charge is 0.444 e. The van der Waals surface area contributed by atoms with Crippen LogP contribution in [0, 0.1) is 6.04 Å². The van der Waals surface area contributed by atoms with Crippen molar-refractivity contribution in [2.24, 2.45) is 0 Å². The van der Waals surface area contributed by atoms with Crippen molar-refractivity contribution < 1.29 is 14.3 Å². The normalized spacial score (nSPS) is 11.3. The summed E-state index contributed by atoms with van der Waals surface area (Å²) in [6.07, 6.45) is 3.80. The molecule has 0 aliphatic heterocycles. The van der Waals surface area contributed by atoms with Crippen molar-refractivity contribution in [2.75, 3.05) is 6.54 Å². The van der Waals surface area contributed by atoms with E-state index in [1.165, 1.54) is 12.8 Å². The van der Waals surface area contributed by atoms with Crippen LogP contribution in [0.3, 0.4) is 0 Å². The Kier molecular flexibility index (Phi) is 8.19. The van der Waals surface area contributed by atoms with Gasteiger partial charge in [0.25, 0.3) is 0 Å². The first-order valence-corrected chi connectivity index (χ1v) is 6.88. The van der Waals surface area contributed by atoms with Gasteiger partial charge in [-0.05, 0) is 34.1 Å². The van der Waals surface area contributed by atoms with E-state index in [0.29, 0.717) is 6.54 Å². The molecule has 0 fully saturated rings. The highest BCUT2D eigenvalue weighted by molar-refractivity contribution is 5.92. The summed E-state index contributed by atoms with van der Waals surface area (Å²) in [5, 5.41) is 5.20. The molecule has 0 heterocycles. The van der Waals surface area contributed by atoms with Crippen LogP contribution in [-0.2, 0) is 9.53 Å². The third-order valence-electron chi connectivity index (χ3n) is 2.34. The van der Waals surface area contributed by atoms with Crippen LogP contribution in [0.2, 0.25) is 0 Å². The second-order valence-corrected chi connectivity index (χ2v) is 5.57. The van der Waals surface area contributed by atoms with E-state index in [1.807, 2.05) is 0 Å². The van der Waals surface area contributed by atoms with E-state index in [0.717, 1.165) is 12.8 Å².